The second-order valence-electron chi connectivity index (χ2n) is 9.39. The van der Waals surface area contributed by atoms with Crippen molar-refractivity contribution in [2.75, 3.05) is 11.1 Å². The van der Waals surface area contributed by atoms with Crippen LogP contribution in [-0.2, 0) is 19.3 Å². The number of rotatable bonds is 8. The minimum atomic E-state index is 0.402. The lowest BCUT2D eigenvalue weighted by Gasteiger charge is -2.13. The van der Waals surface area contributed by atoms with Gasteiger partial charge in [0, 0.05) is 21.2 Å². The summed E-state index contributed by atoms with van der Waals surface area (Å²) in [5.41, 5.74) is 5.34. The molecule has 2 aliphatic rings. The lowest BCUT2D eigenvalue weighted by Crippen LogP contribution is -2.12. The van der Waals surface area contributed by atoms with Crippen molar-refractivity contribution in [3.63, 3.8) is 0 Å². The molecule has 0 amide bonds. The van der Waals surface area contributed by atoms with Gasteiger partial charge in [0.15, 0.2) is 5.17 Å². The van der Waals surface area contributed by atoms with Gasteiger partial charge >= 0.3 is 0 Å². The highest BCUT2D eigenvalue weighted by Crippen LogP contribution is 2.35. The summed E-state index contributed by atoms with van der Waals surface area (Å²) in [4.78, 5) is 7.83. The van der Waals surface area contributed by atoms with Crippen LogP contribution in [0.1, 0.15) is 42.4 Å². The van der Waals surface area contributed by atoms with Crippen LogP contribution in [0.2, 0.25) is 0 Å². The maximum Gasteiger partial charge on any atom is 0.161 e. The molecule has 1 unspecified atom stereocenters. The lowest BCUT2D eigenvalue weighted by atomic mass is 10.0. The van der Waals surface area contributed by atoms with Crippen LogP contribution in [0.15, 0.2) is 112 Å². The summed E-state index contributed by atoms with van der Waals surface area (Å²) in [6.07, 6.45) is 14.7. The van der Waals surface area contributed by atoms with E-state index in [9.17, 15) is 0 Å². The minimum absolute atomic E-state index is 0.402. The number of anilines is 1. The molecule has 5 rings (SSSR count). The topological polar surface area (TPSA) is 24.4 Å². The van der Waals surface area contributed by atoms with Gasteiger partial charge in [-0.05, 0) is 79.8 Å². The van der Waals surface area contributed by atoms with E-state index in [4.69, 9.17) is 4.99 Å². The van der Waals surface area contributed by atoms with Crippen LogP contribution in [0.3, 0.4) is 0 Å². The molecule has 36 heavy (non-hydrogen) atoms. The number of nitrogens with zero attached hydrogens (tertiary/aromatic N) is 1. The largest absolute Gasteiger partial charge is 0.335 e. The van der Waals surface area contributed by atoms with Crippen molar-refractivity contribution in [2.45, 2.75) is 55.9 Å². The molecule has 0 radical (unpaired) electrons. The molecule has 1 N–H and O–H groups in total. The Morgan fingerprint density at radius 2 is 1.69 bits per heavy atom. The number of hydrogen-bond donors (Lipinski definition) is 1. The fourth-order valence-electron chi connectivity index (χ4n) is 4.59. The van der Waals surface area contributed by atoms with E-state index in [1.165, 1.54) is 39.3 Å². The van der Waals surface area contributed by atoms with E-state index in [0.717, 1.165) is 48.7 Å². The number of fused-ring (bicyclic) bond motifs is 1. The number of nitrogens with one attached hydrogen (secondary N) is 1. The van der Waals surface area contributed by atoms with Gasteiger partial charge in [-0.25, -0.2) is 0 Å². The van der Waals surface area contributed by atoms with E-state index < -0.39 is 0 Å². The van der Waals surface area contributed by atoms with Gasteiger partial charge < -0.3 is 5.32 Å². The molecule has 0 saturated carbocycles. The second-order valence-corrected chi connectivity index (χ2v) is 11.6. The Morgan fingerprint density at radius 3 is 2.58 bits per heavy atom. The smallest absolute Gasteiger partial charge is 0.161 e. The number of benzene rings is 3. The third-order valence-corrected chi connectivity index (χ3v) is 8.77. The number of thioether (sulfide) groups is 2. The van der Waals surface area contributed by atoms with Gasteiger partial charge in [0.25, 0.3) is 0 Å². The van der Waals surface area contributed by atoms with Crippen LogP contribution < -0.4 is 5.32 Å². The molecule has 0 fully saturated rings. The Morgan fingerprint density at radius 1 is 0.889 bits per heavy atom. The zero-order valence-electron chi connectivity index (χ0n) is 20.7. The Bertz CT molecular complexity index is 1210. The quantitative estimate of drug-likeness (QED) is 0.328. The normalized spacial score (nSPS) is 17.7. The van der Waals surface area contributed by atoms with Gasteiger partial charge in [0.2, 0.25) is 0 Å². The number of allylic oxidation sites excluding steroid dienone is 3. The molecule has 2 aliphatic heterocycles. The van der Waals surface area contributed by atoms with Crippen molar-refractivity contribution in [3.05, 3.63) is 119 Å². The molecule has 2 heterocycles. The number of aliphatic imine (C=N–C) groups is 1. The molecule has 3 aromatic rings. The first-order valence-electron chi connectivity index (χ1n) is 13.0. The zero-order valence-corrected chi connectivity index (χ0v) is 22.4. The highest BCUT2D eigenvalue weighted by atomic mass is 32.2. The van der Waals surface area contributed by atoms with E-state index >= 15 is 0 Å². The standard InChI is InChI=1S/C32H34N2S2/c1-2-9-25(10-3-1)16-20-28-13-8-24-35-32(33-28)34-29-21-17-26(18-22-29)11-4-6-14-30-23-19-27-12-5-7-15-31(27)36-30/h1-3,5-7,9-10,12,14-15,17-18,21-23,28H,4,8,11,13,16,19-20,24H2,(H,33,34)/b14-6+. The molecule has 2 nitrogen and oxygen atoms in total. The fraction of sp³-hybridized carbons (Fsp3) is 0.281. The predicted octanol–water partition coefficient (Wildman–Crippen LogP) is 8.70. The SMILES string of the molecule is C1=C(/C=C/CCc2ccc(NC3=NC(CCc4ccccc4)CCCS3)cc2)Sc2ccccc2C1. The third kappa shape index (κ3) is 7.41. The molecule has 0 aliphatic carbocycles. The fourth-order valence-corrected chi connectivity index (χ4v) is 6.52. The first-order valence-corrected chi connectivity index (χ1v) is 14.8. The van der Waals surface area contributed by atoms with E-state index in [-0.39, 0.29) is 0 Å². The van der Waals surface area contributed by atoms with Gasteiger partial charge in [0.1, 0.15) is 0 Å². The summed E-state index contributed by atoms with van der Waals surface area (Å²) in [6.45, 7) is 0. The zero-order chi connectivity index (χ0) is 24.4. The van der Waals surface area contributed by atoms with Crippen LogP contribution in [0.4, 0.5) is 5.69 Å². The lowest BCUT2D eigenvalue weighted by molar-refractivity contribution is 0.569. The van der Waals surface area contributed by atoms with E-state index in [1.54, 1.807) is 0 Å². The third-order valence-electron chi connectivity index (χ3n) is 6.64. The summed E-state index contributed by atoms with van der Waals surface area (Å²) >= 11 is 3.73. The van der Waals surface area contributed by atoms with E-state index in [2.05, 4.69) is 102 Å². The molecule has 3 aromatic carbocycles. The summed E-state index contributed by atoms with van der Waals surface area (Å²) in [5, 5.41) is 4.65. The van der Waals surface area contributed by atoms with E-state index in [0.29, 0.717) is 6.04 Å². The first-order chi connectivity index (χ1) is 17.8. The van der Waals surface area contributed by atoms with Crippen molar-refractivity contribution in [3.8, 4) is 0 Å². The van der Waals surface area contributed by atoms with Gasteiger partial charge in [0.05, 0.1) is 6.04 Å². The average Bonchev–Trinajstić information content (AvgIpc) is 3.16. The molecule has 1 atom stereocenters. The number of aryl methyl sites for hydroxylation is 2. The maximum atomic E-state index is 5.08. The Balaban J connectivity index is 1.09. The van der Waals surface area contributed by atoms with Crippen LogP contribution in [0.5, 0.6) is 0 Å². The van der Waals surface area contributed by atoms with Crippen molar-refractivity contribution in [1.82, 2.24) is 0 Å². The number of amidine groups is 1. The summed E-state index contributed by atoms with van der Waals surface area (Å²) < 4.78 is 0. The van der Waals surface area contributed by atoms with Crippen LogP contribution in [0.25, 0.3) is 0 Å². The summed E-state index contributed by atoms with van der Waals surface area (Å²) in [6, 6.07) is 28.8. The number of hydrogen-bond acceptors (Lipinski definition) is 4. The Labute approximate surface area is 224 Å². The van der Waals surface area contributed by atoms with Crippen LogP contribution in [0, 0.1) is 0 Å². The van der Waals surface area contributed by atoms with Crippen LogP contribution in [-0.4, -0.2) is 17.0 Å². The minimum Gasteiger partial charge on any atom is -0.335 e. The second kappa shape index (κ2) is 13.0. The van der Waals surface area contributed by atoms with Crippen LogP contribution >= 0.6 is 23.5 Å². The highest BCUT2D eigenvalue weighted by molar-refractivity contribution is 8.14. The maximum absolute atomic E-state index is 5.08. The monoisotopic (exact) mass is 510 g/mol. The van der Waals surface area contributed by atoms with Crippen molar-refractivity contribution in [2.24, 2.45) is 4.99 Å². The molecule has 0 aromatic heterocycles. The first kappa shape index (κ1) is 25.0. The van der Waals surface area contributed by atoms with Gasteiger partial charge in [-0.15, -0.1) is 0 Å². The average molecular weight is 511 g/mol. The molecule has 184 valence electrons. The molecule has 0 saturated heterocycles. The predicted molar refractivity (Wildman–Crippen MR) is 159 cm³/mol. The van der Waals surface area contributed by atoms with Crippen molar-refractivity contribution < 1.29 is 0 Å². The van der Waals surface area contributed by atoms with Gasteiger partial charge in [-0.1, -0.05) is 102 Å². The Hall–Kier alpha value is -2.69. The Kier molecular flexibility index (Phi) is 9.04. The molecule has 0 spiro atoms. The summed E-state index contributed by atoms with van der Waals surface area (Å²) in [5.74, 6) is 1.14. The highest BCUT2D eigenvalue weighted by Gasteiger charge is 2.14. The molecular weight excluding hydrogens is 477 g/mol. The summed E-state index contributed by atoms with van der Waals surface area (Å²) in [7, 11) is 0. The van der Waals surface area contributed by atoms with Gasteiger partial charge in [-0.2, -0.15) is 0 Å². The molecular formula is C32H34N2S2. The van der Waals surface area contributed by atoms with Crippen molar-refractivity contribution in [1.29, 1.82) is 0 Å². The molecule has 4 heteroatoms. The van der Waals surface area contributed by atoms with E-state index in [1.807, 2.05) is 23.5 Å². The van der Waals surface area contributed by atoms with Gasteiger partial charge in [-0.3, -0.25) is 4.99 Å². The van der Waals surface area contributed by atoms with Crippen molar-refractivity contribution >= 4 is 34.4 Å². The molecule has 0 bridgehead atoms.